The molecule has 1 aliphatic heterocycles. The number of nitrogens with one attached hydrogen (secondary N) is 2. The third kappa shape index (κ3) is 4.62. The second kappa shape index (κ2) is 8.46. The van der Waals surface area contributed by atoms with Crippen molar-refractivity contribution in [2.75, 3.05) is 6.54 Å². The summed E-state index contributed by atoms with van der Waals surface area (Å²) in [6, 6.07) is 18.7. The minimum absolute atomic E-state index is 0.0305. The van der Waals surface area contributed by atoms with Gasteiger partial charge in [-0.15, -0.1) is 0 Å². The molecule has 0 saturated carbocycles. The molecule has 4 nitrogen and oxygen atoms in total. The lowest BCUT2D eigenvalue weighted by Crippen LogP contribution is -2.56. The van der Waals surface area contributed by atoms with Crippen LogP contribution in [0.4, 0.5) is 0 Å². The molecule has 0 bridgehead atoms. The molecule has 1 heterocycles. The van der Waals surface area contributed by atoms with Gasteiger partial charge in [-0.05, 0) is 42.3 Å². The standard InChI is InChI=1S/C24H32N2O2/c1-23(2,3)17-21(26-22(27)20-15-10-16-25-20)24(28,18-11-6-4-7-12-18)19-13-8-5-9-14-19/h4-9,11-14,20-21,25,28H,10,15-17H2,1-3H3,(H,26,27)/t20-,21-/m0/s1. The number of hydrogen-bond donors (Lipinski definition) is 3. The van der Waals surface area contributed by atoms with Crippen LogP contribution in [-0.4, -0.2) is 29.6 Å². The maximum atomic E-state index is 13.0. The highest BCUT2D eigenvalue weighted by molar-refractivity contribution is 5.82. The van der Waals surface area contributed by atoms with Crippen LogP contribution in [0.5, 0.6) is 0 Å². The first-order valence-corrected chi connectivity index (χ1v) is 10.2. The van der Waals surface area contributed by atoms with Crippen molar-refractivity contribution in [2.24, 2.45) is 5.41 Å². The molecule has 0 aromatic heterocycles. The van der Waals surface area contributed by atoms with Crippen molar-refractivity contribution in [3.05, 3.63) is 71.8 Å². The van der Waals surface area contributed by atoms with E-state index in [0.29, 0.717) is 6.42 Å². The average molecular weight is 381 g/mol. The van der Waals surface area contributed by atoms with Gasteiger partial charge in [-0.2, -0.15) is 0 Å². The van der Waals surface area contributed by atoms with Gasteiger partial charge >= 0.3 is 0 Å². The normalized spacial score (nSPS) is 18.6. The van der Waals surface area contributed by atoms with Gasteiger partial charge in [0.2, 0.25) is 5.91 Å². The Labute approximate surface area is 168 Å². The predicted molar refractivity (Wildman–Crippen MR) is 113 cm³/mol. The van der Waals surface area contributed by atoms with Gasteiger partial charge in [0, 0.05) is 0 Å². The van der Waals surface area contributed by atoms with E-state index in [2.05, 4.69) is 31.4 Å². The van der Waals surface area contributed by atoms with Crippen LogP contribution in [0.1, 0.15) is 51.2 Å². The van der Waals surface area contributed by atoms with Crippen molar-refractivity contribution >= 4 is 5.91 Å². The summed E-state index contributed by atoms with van der Waals surface area (Å²) in [4.78, 5) is 13.0. The summed E-state index contributed by atoms with van der Waals surface area (Å²) in [6.07, 6.45) is 2.48. The molecule has 2 aromatic carbocycles. The van der Waals surface area contributed by atoms with Crippen molar-refractivity contribution in [1.29, 1.82) is 0 Å². The smallest absolute Gasteiger partial charge is 0.237 e. The second-order valence-electron chi connectivity index (χ2n) is 8.97. The van der Waals surface area contributed by atoms with Crippen molar-refractivity contribution in [1.82, 2.24) is 10.6 Å². The SMILES string of the molecule is CC(C)(C)C[C@H](NC(=O)[C@@H]1CCCN1)C(O)(c1ccccc1)c1ccccc1. The fourth-order valence-electron chi connectivity index (χ4n) is 4.05. The van der Waals surface area contributed by atoms with Crippen LogP contribution in [-0.2, 0) is 10.4 Å². The first-order valence-electron chi connectivity index (χ1n) is 10.2. The Morgan fingerprint density at radius 2 is 1.61 bits per heavy atom. The zero-order chi connectivity index (χ0) is 20.2. The molecule has 2 atom stereocenters. The molecule has 3 N–H and O–H groups in total. The minimum atomic E-state index is -1.32. The quantitative estimate of drug-likeness (QED) is 0.718. The van der Waals surface area contributed by atoms with E-state index in [1.54, 1.807) is 0 Å². The van der Waals surface area contributed by atoms with E-state index in [1.165, 1.54) is 0 Å². The molecule has 1 saturated heterocycles. The monoisotopic (exact) mass is 380 g/mol. The van der Waals surface area contributed by atoms with Crippen molar-refractivity contribution in [3.8, 4) is 0 Å². The van der Waals surface area contributed by atoms with E-state index in [-0.39, 0.29) is 17.4 Å². The van der Waals surface area contributed by atoms with Gasteiger partial charge in [-0.1, -0.05) is 81.4 Å². The van der Waals surface area contributed by atoms with Crippen molar-refractivity contribution in [2.45, 2.75) is 57.7 Å². The lowest BCUT2D eigenvalue weighted by Gasteiger charge is -2.41. The van der Waals surface area contributed by atoms with Gasteiger partial charge < -0.3 is 15.7 Å². The van der Waals surface area contributed by atoms with E-state index < -0.39 is 11.6 Å². The first kappa shape index (κ1) is 20.6. The van der Waals surface area contributed by atoms with Crippen molar-refractivity contribution in [3.63, 3.8) is 0 Å². The molecule has 1 fully saturated rings. The van der Waals surface area contributed by atoms with Crippen LogP contribution in [0.25, 0.3) is 0 Å². The van der Waals surface area contributed by atoms with E-state index >= 15 is 0 Å². The Hall–Kier alpha value is -2.17. The van der Waals surface area contributed by atoms with E-state index in [0.717, 1.165) is 30.5 Å². The summed E-state index contributed by atoms with van der Waals surface area (Å²) in [5, 5.41) is 18.6. The fraction of sp³-hybridized carbons (Fsp3) is 0.458. The fourth-order valence-corrected chi connectivity index (χ4v) is 4.05. The summed E-state index contributed by atoms with van der Waals surface area (Å²) in [5.74, 6) is -0.0305. The Morgan fingerprint density at radius 3 is 2.04 bits per heavy atom. The van der Waals surface area contributed by atoms with Gasteiger partial charge in [0.05, 0.1) is 12.1 Å². The van der Waals surface area contributed by atoms with Crippen LogP contribution < -0.4 is 10.6 Å². The Kier molecular flexibility index (Phi) is 6.21. The minimum Gasteiger partial charge on any atom is -0.378 e. The van der Waals surface area contributed by atoms with Crippen LogP contribution in [0, 0.1) is 5.41 Å². The third-order valence-electron chi connectivity index (χ3n) is 5.44. The summed E-state index contributed by atoms with van der Waals surface area (Å²) < 4.78 is 0. The number of amides is 1. The zero-order valence-corrected chi connectivity index (χ0v) is 17.1. The highest BCUT2D eigenvalue weighted by atomic mass is 16.3. The topological polar surface area (TPSA) is 61.4 Å². The Morgan fingerprint density at radius 1 is 1.07 bits per heavy atom. The Bertz CT molecular complexity index is 723. The zero-order valence-electron chi connectivity index (χ0n) is 17.1. The van der Waals surface area contributed by atoms with Gasteiger partial charge in [-0.25, -0.2) is 0 Å². The highest BCUT2D eigenvalue weighted by Gasteiger charge is 2.43. The number of aliphatic hydroxyl groups is 1. The number of hydrogen-bond acceptors (Lipinski definition) is 3. The summed E-state index contributed by atoms with van der Waals surface area (Å²) in [7, 11) is 0. The first-order chi connectivity index (χ1) is 13.3. The van der Waals surface area contributed by atoms with E-state index in [1.807, 2.05) is 60.7 Å². The summed E-state index contributed by atoms with van der Waals surface area (Å²) in [6.45, 7) is 7.27. The number of rotatable bonds is 6. The van der Waals surface area contributed by atoms with Crippen LogP contribution in [0.2, 0.25) is 0 Å². The molecule has 28 heavy (non-hydrogen) atoms. The maximum absolute atomic E-state index is 13.0. The molecular weight excluding hydrogens is 348 g/mol. The predicted octanol–water partition coefficient (Wildman–Crippen LogP) is 3.60. The molecule has 1 amide bonds. The van der Waals surface area contributed by atoms with Crippen LogP contribution in [0.15, 0.2) is 60.7 Å². The molecule has 0 unspecified atom stereocenters. The maximum Gasteiger partial charge on any atom is 0.237 e. The molecule has 3 rings (SSSR count). The van der Waals surface area contributed by atoms with E-state index in [9.17, 15) is 9.90 Å². The number of carbonyl (C=O) groups excluding carboxylic acids is 1. The molecule has 4 heteroatoms. The average Bonchev–Trinajstić information content (AvgIpc) is 3.22. The largest absolute Gasteiger partial charge is 0.378 e. The highest BCUT2D eigenvalue weighted by Crippen LogP contribution is 2.38. The summed E-state index contributed by atoms with van der Waals surface area (Å²) >= 11 is 0. The molecule has 1 aliphatic rings. The van der Waals surface area contributed by atoms with Gasteiger partial charge in [0.15, 0.2) is 0 Å². The molecule has 0 spiro atoms. The second-order valence-corrected chi connectivity index (χ2v) is 8.97. The lowest BCUT2D eigenvalue weighted by atomic mass is 9.74. The molecule has 0 aliphatic carbocycles. The van der Waals surface area contributed by atoms with Gasteiger partial charge in [0.1, 0.15) is 5.60 Å². The Balaban J connectivity index is 2.04. The lowest BCUT2D eigenvalue weighted by molar-refractivity contribution is -0.125. The van der Waals surface area contributed by atoms with Crippen molar-refractivity contribution < 1.29 is 9.90 Å². The number of carbonyl (C=O) groups is 1. The van der Waals surface area contributed by atoms with Gasteiger partial charge in [0.25, 0.3) is 0 Å². The molecular formula is C24H32N2O2. The summed E-state index contributed by atoms with van der Waals surface area (Å²) in [5.41, 5.74) is 0.188. The van der Waals surface area contributed by atoms with E-state index in [4.69, 9.17) is 0 Å². The van der Waals surface area contributed by atoms with Crippen LogP contribution >= 0.6 is 0 Å². The van der Waals surface area contributed by atoms with Crippen LogP contribution in [0.3, 0.4) is 0 Å². The number of benzene rings is 2. The van der Waals surface area contributed by atoms with Gasteiger partial charge in [-0.3, -0.25) is 4.79 Å². The molecule has 2 aromatic rings. The molecule has 150 valence electrons. The molecule has 0 radical (unpaired) electrons. The third-order valence-corrected chi connectivity index (χ3v) is 5.44.